The van der Waals surface area contributed by atoms with Gasteiger partial charge in [0, 0.05) is 32.2 Å². The molecule has 0 aliphatic carbocycles. The highest BCUT2D eigenvalue weighted by molar-refractivity contribution is 5.99. The van der Waals surface area contributed by atoms with Gasteiger partial charge in [0.25, 0.3) is 5.91 Å². The maximum Gasteiger partial charge on any atom is 0.257 e. The number of hydrogen-bond acceptors (Lipinski definition) is 6. The van der Waals surface area contributed by atoms with Crippen LogP contribution in [0.25, 0.3) is 0 Å². The van der Waals surface area contributed by atoms with Crippen molar-refractivity contribution in [2.45, 2.75) is 13.3 Å². The number of aryl methyl sites for hydroxylation is 1. The Bertz CT molecular complexity index is 835. The lowest BCUT2D eigenvalue weighted by Gasteiger charge is -2.28. The van der Waals surface area contributed by atoms with E-state index in [1.807, 2.05) is 0 Å². The van der Waals surface area contributed by atoms with E-state index in [2.05, 4.69) is 15.4 Å². The Hall–Kier alpha value is -2.78. The van der Waals surface area contributed by atoms with Gasteiger partial charge in [-0.05, 0) is 25.5 Å². The zero-order valence-corrected chi connectivity index (χ0v) is 16.4. The van der Waals surface area contributed by atoms with Crippen molar-refractivity contribution < 1.29 is 23.2 Å². The lowest BCUT2D eigenvalue weighted by molar-refractivity contribution is -0.117. The van der Waals surface area contributed by atoms with Crippen molar-refractivity contribution in [3.05, 3.63) is 47.5 Å². The summed E-state index contributed by atoms with van der Waals surface area (Å²) in [6.45, 7) is 5.67. The Labute approximate surface area is 168 Å². The molecule has 2 aromatic rings. The Kier molecular flexibility index (Phi) is 7.31. The number of anilines is 1. The highest BCUT2D eigenvalue weighted by Gasteiger charge is 2.22. The first-order valence-electron chi connectivity index (χ1n) is 9.60. The smallest absolute Gasteiger partial charge is 0.257 e. The average Bonchev–Trinajstić information content (AvgIpc) is 3.12. The van der Waals surface area contributed by atoms with E-state index >= 15 is 0 Å². The maximum atomic E-state index is 14.1. The summed E-state index contributed by atoms with van der Waals surface area (Å²) >= 11 is 0. The molecule has 0 bridgehead atoms. The number of nitrogens with zero attached hydrogens (tertiary/aromatic N) is 3. The fraction of sp³-hybridized carbons (Fsp3) is 0.450. The van der Waals surface area contributed by atoms with Crippen molar-refractivity contribution in [1.82, 2.24) is 15.0 Å². The molecule has 2 amide bonds. The predicted octanol–water partition coefficient (Wildman–Crippen LogP) is 1.93. The van der Waals surface area contributed by atoms with Crippen LogP contribution in [0.1, 0.15) is 22.5 Å². The molecule has 9 heteroatoms. The fourth-order valence-electron chi connectivity index (χ4n) is 3.15. The van der Waals surface area contributed by atoms with Gasteiger partial charge in [-0.1, -0.05) is 17.3 Å². The molecule has 2 heterocycles. The molecule has 0 spiro atoms. The minimum atomic E-state index is -0.608. The quantitative estimate of drug-likeness (QED) is 0.723. The molecule has 29 heavy (non-hydrogen) atoms. The molecule has 1 aromatic heterocycles. The number of halogens is 1. The number of benzene rings is 1. The number of nitrogens with one attached hydrogen (secondary N) is 1. The maximum absolute atomic E-state index is 14.1. The molecule has 3 rings (SSSR count). The molecule has 1 fully saturated rings. The molecular weight excluding hydrogens is 379 g/mol. The van der Waals surface area contributed by atoms with Crippen LogP contribution in [0.5, 0.6) is 0 Å². The first-order valence-corrected chi connectivity index (χ1v) is 9.60. The van der Waals surface area contributed by atoms with Gasteiger partial charge >= 0.3 is 0 Å². The number of carbonyl (C=O) groups is 2. The van der Waals surface area contributed by atoms with Gasteiger partial charge in [0.2, 0.25) is 5.91 Å². The van der Waals surface area contributed by atoms with E-state index in [1.165, 1.54) is 23.1 Å². The van der Waals surface area contributed by atoms with Crippen LogP contribution in [-0.2, 0) is 9.53 Å². The summed E-state index contributed by atoms with van der Waals surface area (Å²) < 4.78 is 24.4. The molecule has 1 aliphatic heterocycles. The van der Waals surface area contributed by atoms with Crippen LogP contribution in [-0.4, -0.2) is 72.7 Å². The molecule has 0 radical (unpaired) electrons. The first kappa shape index (κ1) is 20.9. The summed E-state index contributed by atoms with van der Waals surface area (Å²) in [5, 5.41) is 6.31. The van der Waals surface area contributed by atoms with E-state index in [0.717, 1.165) is 19.6 Å². The first-order chi connectivity index (χ1) is 14.0. The van der Waals surface area contributed by atoms with Crippen molar-refractivity contribution in [2.75, 3.05) is 51.3 Å². The van der Waals surface area contributed by atoms with Gasteiger partial charge in [-0.25, -0.2) is 4.39 Å². The van der Waals surface area contributed by atoms with Gasteiger partial charge in [-0.15, -0.1) is 0 Å². The molecule has 1 aliphatic rings. The summed E-state index contributed by atoms with van der Waals surface area (Å²) in [6, 6.07) is 7.36. The van der Waals surface area contributed by atoms with Gasteiger partial charge < -0.3 is 19.5 Å². The summed E-state index contributed by atoms with van der Waals surface area (Å²) in [5.74, 6) is -0.710. The average molecular weight is 404 g/mol. The van der Waals surface area contributed by atoms with E-state index in [1.54, 1.807) is 19.1 Å². The van der Waals surface area contributed by atoms with Crippen molar-refractivity contribution in [3.63, 3.8) is 0 Å². The van der Waals surface area contributed by atoms with Crippen LogP contribution >= 0.6 is 0 Å². The highest BCUT2D eigenvalue weighted by Crippen LogP contribution is 2.12. The van der Waals surface area contributed by atoms with Crippen molar-refractivity contribution in [1.29, 1.82) is 0 Å². The second kappa shape index (κ2) is 10.1. The third-order valence-electron chi connectivity index (χ3n) is 4.63. The molecule has 0 atom stereocenters. The largest absolute Gasteiger partial charge is 0.379 e. The zero-order valence-electron chi connectivity index (χ0n) is 16.4. The number of amides is 2. The zero-order chi connectivity index (χ0) is 20.6. The van der Waals surface area contributed by atoms with Crippen LogP contribution in [0.4, 0.5) is 10.2 Å². The van der Waals surface area contributed by atoms with Crippen molar-refractivity contribution in [2.24, 2.45) is 0 Å². The summed E-state index contributed by atoms with van der Waals surface area (Å²) in [5.41, 5.74) is -0.0519. The summed E-state index contributed by atoms with van der Waals surface area (Å²) in [7, 11) is 0. The van der Waals surface area contributed by atoms with E-state index < -0.39 is 17.6 Å². The minimum absolute atomic E-state index is 0.0519. The monoisotopic (exact) mass is 404 g/mol. The molecule has 1 N–H and O–H groups in total. The number of morpholine rings is 1. The summed E-state index contributed by atoms with van der Waals surface area (Å²) in [6.07, 6.45) is 0.663. The van der Waals surface area contributed by atoms with Gasteiger partial charge in [0.05, 0.1) is 18.8 Å². The molecule has 8 nitrogen and oxygen atoms in total. The Morgan fingerprint density at radius 2 is 2.03 bits per heavy atom. The normalized spacial score (nSPS) is 14.6. The van der Waals surface area contributed by atoms with E-state index in [-0.39, 0.29) is 17.9 Å². The molecular formula is C20H25FN4O4. The number of rotatable bonds is 8. The Morgan fingerprint density at radius 1 is 1.28 bits per heavy atom. The van der Waals surface area contributed by atoms with E-state index in [0.29, 0.717) is 31.9 Å². The number of ether oxygens (including phenoxy) is 1. The van der Waals surface area contributed by atoms with Crippen LogP contribution in [0.3, 0.4) is 0 Å². The van der Waals surface area contributed by atoms with E-state index in [4.69, 9.17) is 9.26 Å². The Morgan fingerprint density at radius 3 is 2.72 bits per heavy atom. The topological polar surface area (TPSA) is 87.9 Å². The van der Waals surface area contributed by atoms with Crippen LogP contribution in [0.15, 0.2) is 34.9 Å². The van der Waals surface area contributed by atoms with Gasteiger partial charge in [-0.3, -0.25) is 14.5 Å². The van der Waals surface area contributed by atoms with Crippen LogP contribution in [0, 0.1) is 12.7 Å². The lowest BCUT2D eigenvalue weighted by Crippen LogP contribution is -2.41. The second-order valence-electron chi connectivity index (χ2n) is 6.89. The number of aromatic nitrogens is 1. The molecule has 0 unspecified atom stereocenters. The van der Waals surface area contributed by atoms with Crippen molar-refractivity contribution >= 4 is 17.6 Å². The standard InChI is InChI=1S/C20H25FN4O4/c1-15-13-18(23-29-15)22-19(26)14-25(8-4-7-24-9-11-28-12-10-24)20(27)16-5-2-3-6-17(16)21/h2-3,5-6,13H,4,7-12,14H2,1H3,(H,22,23,26). The SMILES string of the molecule is Cc1cc(NC(=O)CN(CCCN2CCOCC2)C(=O)c2ccccc2F)no1. The van der Waals surface area contributed by atoms with Crippen molar-refractivity contribution in [3.8, 4) is 0 Å². The van der Waals surface area contributed by atoms with Crippen LogP contribution < -0.4 is 5.32 Å². The lowest BCUT2D eigenvalue weighted by atomic mass is 10.1. The third kappa shape index (κ3) is 6.10. The molecule has 156 valence electrons. The van der Waals surface area contributed by atoms with Gasteiger partial charge in [-0.2, -0.15) is 0 Å². The molecule has 1 saturated heterocycles. The predicted molar refractivity (Wildman–Crippen MR) is 104 cm³/mol. The molecule has 0 saturated carbocycles. The van der Waals surface area contributed by atoms with Gasteiger partial charge in [0.1, 0.15) is 18.1 Å². The summed E-state index contributed by atoms with van der Waals surface area (Å²) in [4.78, 5) is 28.9. The van der Waals surface area contributed by atoms with Crippen LogP contribution in [0.2, 0.25) is 0 Å². The van der Waals surface area contributed by atoms with Gasteiger partial charge in [0.15, 0.2) is 5.82 Å². The second-order valence-corrected chi connectivity index (χ2v) is 6.89. The minimum Gasteiger partial charge on any atom is -0.379 e. The number of hydrogen-bond donors (Lipinski definition) is 1. The fourth-order valence-corrected chi connectivity index (χ4v) is 3.15. The van der Waals surface area contributed by atoms with E-state index in [9.17, 15) is 14.0 Å². The Balaban J connectivity index is 1.63. The molecule has 1 aromatic carbocycles. The highest BCUT2D eigenvalue weighted by atomic mass is 19.1. The third-order valence-corrected chi connectivity index (χ3v) is 4.63. The number of carbonyl (C=O) groups excluding carboxylic acids is 2.